The van der Waals surface area contributed by atoms with E-state index in [2.05, 4.69) is 162 Å². The van der Waals surface area contributed by atoms with Gasteiger partial charge in [-0.15, -0.1) is 0 Å². The summed E-state index contributed by atoms with van der Waals surface area (Å²) >= 11 is 3.98. The molecule has 264 valence electrons. The van der Waals surface area contributed by atoms with E-state index in [1.54, 1.807) is 0 Å². The van der Waals surface area contributed by atoms with Gasteiger partial charge in [-0.1, -0.05) is 97.1 Å². The average Bonchev–Trinajstić information content (AvgIpc) is 3.98. The zero-order valence-corrected chi connectivity index (χ0v) is 31.5. The van der Waals surface area contributed by atoms with Crippen LogP contribution < -0.4 is 0 Å². The third-order valence-corrected chi connectivity index (χ3v) is 12.1. The number of halogens is 1. The van der Waals surface area contributed by atoms with Crippen molar-refractivity contribution in [2.75, 3.05) is 0 Å². The van der Waals surface area contributed by atoms with Crippen LogP contribution in [0.4, 0.5) is 0 Å². The lowest BCUT2D eigenvalue weighted by Gasteiger charge is -2.18. The Morgan fingerprint density at radius 1 is 0.333 bits per heavy atom. The molecular formula is C48H25BrN8. The monoisotopic (exact) mass is 792 g/mol. The van der Waals surface area contributed by atoms with Gasteiger partial charge in [0.25, 0.3) is 0 Å². The summed E-state index contributed by atoms with van der Waals surface area (Å²) < 4.78 is 1.90. The minimum Gasteiger partial charge on any atom is -0.242 e. The lowest BCUT2D eigenvalue weighted by atomic mass is 9.99. The summed E-state index contributed by atoms with van der Waals surface area (Å²) in [4.78, 5) is 37.0. The Hall–Kier alpha value is -7.23. The molecule has 9 heteroatoms. The maximum absolute atomic E-state index is 5.34. The molecule has 0 aromatic heterocycles. The van der Waals surface area contributed by atoms with Crippen molar-refractivity contribution in [2.45, 2.75) is 6.17 Å². The normalized spacial score (nSPS) is 17.4. The molecule has 5 aliphatic rings. The molecule has 8 bridgehead atoms. The molecule has 0 aliphatic carbocycles. The number of aliphatic imine (C=N–C) groups is 7. The molecular weight excluding hydrogens is 768 g/mol. The summed E-state index contributed by atoms with van der Waals surface area (Å²) in [5, 5.41) is 8.81. The van der Waals surface area contributed by atoms with E-state index in [9.17, 15) is 0 Å². The largest absolute Gasteiger partial charge is 0.242 e. The van der Waals surface area contributed by atoms with Gasteiger partial charge in [0.15, 0.2) is 47.0 Å². The fourth-order valence-electron chi connectivity index (χ4n) is 8.67. The van der Waals surface area contributed by atoms with Crippen molar-refractivity contribution < 1.29 is 0 Å². The highest BCUT2D eigenvalue weighted by Crippen LogP contribution is 2.39. The Kier molecular flexibility index (Phi) is 6.21. The first-order valence-corrected chi connectivity index (χ1v) is 19.5. The smallest absolute Gasteiger partial charge is 0.170 e. The highest BCUT2D eigenvalue weighted by atomic mass is 79.9. The molecule has 0 fully saturated rings. The molecule has 8 aromatic carbocycles. The van der Waals surface area contributed by atoms with Crippen LogP contribution in [-0.2, 0) is 0 Å². The summed E-state index contributed by atoms with van der Waals surface area (Å²) in [6.07, 6.45) is -0.585. The van der Waals surface area contributed by atoms with E-state index in [1.807, 2.05) is 3.93 Å². The lowest BCUT2D eigenvalue weighted by molar-refractivity contribution is 0.797. The third kappa shape index (κ3) is 4.57. The SMILES string of the molecule is BrN1C2=NC(=NC3=NC(=NC4N=C(N=C5N=C1c1cc6ccccc6cc15)c1cc5ccccc5cc14)c1cc4ccccc4cc13)c1cc3ccccc3cc12. The number of hydrogen-bond acceptors (Lipinski definition) is 8. The summed E-state index contributed by atoms with van der Waals surface area (Å²) in [6, 6.07) is 50.8. The third-order valence-electron chi connectivity index (χ3n) is 11.5. The topological polar surface area (TPSA) is 89.8 Å². The Bertz CT molecular complexity index is 3440. The first kappa shape index (κ1) is 31.0. The second-order valence-electron chi connectivity index (χ2n) is 14.8. The first-order valence-electron chi connectivity index (χ1n) is 18.8. The van der Waals surface area contributed by atoms with E-state index in [1.165, 1.54) is 0 Å². The molecule has 5 aliphatic heterocycles. The van der Waals surface area contributed by atoms with Gasteiger partial charge in [-0.3, -0.25) is 0 Å². The van der Waals surface area contributed by atoms with Gasteiger partial charge in [-0.25, -0.2) is 38.9 Å². The molecule has 0 saturated carbocycles. The predicted molar refractivity (Wildman–Crippen MR) is 235 cm³/mol. The number of fused-ring (bicyclic) bond motifs is 20. The van der Waals surface area contributed by atoms with Crippen LogP contribution >= 0.6 is 16.1 Å². The van der Waals surface area contributed by atoms with Gasteiger partial charge in [0, 0.05) is 44.5 Å². The van der Waals surface area contributed by atoms with E-state index >= 15 is 0 Å². The second-order valence-corrected chi connectivity index (χ2v) is 15.5. The molecule has 5 heterocycles. The fourth-order valence-corrected chi connectivity index (χ4v) is 9.21. The van der Waals surface area contributed by atoms with Crippen molar-refractivity contribution in [3.8, 4) is 0 Å². The second kappa shape index (κ2) is 11.4. The zero-order valence-electron chi connectivity index (χ0n) is 29.9. The maximum atomic E-state index is 5.34. The molecule has 0 N–H and O–H groups in total. The molecule has 8 nitrogen and oxygen atoms in total. The molecule has 57 heavy (non-hydrogen) atoms. The predicted octanol–water partition coefficient (Wildman–Crippen LogP) is 10.3. The van der Waals surface area contributed by atoms with Gasteiger partial charge in [0.1, 0.15) is 0 Å². The van der Waals surface area contributed by atoms with E-state index in [4.69, 9.17) is 34.9 Å². The quantitative estimate of drug-likeness (QED) is 0.141. The van der Waals surface area contributed by atoms with E-state index in [-0.39, 0.29) is 0 Å². The Morgan fingerprint density at radius 3 is 1.07 bits per heavy atom. The minimum atomic E-state index is -0.585. The van der Waals surface area contributed by atoms with E-state index in [0.29, 0.717) is 40.8 Å². The Balaban J connectivity index is 1.12. The van der Waals surface area contributed by atoms with Crippen LogP contribution in [0.3, 0.4) is 0 Å². The highest BCUT2D eigenvalue weighted by molar-refractivity contribution is 9.08. The summed E-state index contributed by atoms with van der Waals surface area (Å²) in [7, 11) is 0. The van der Waals surface area contributed by atoms with Crippen LogP contribution in [0.15, 0.2) is 181 Å². The average molecular weight is 794 g/mol. The van der Waals surface area contributed by atoms with Crippen LogP contribution in [0.25, 0.3) is 43.1 Å². The summed E-state index contributed by atoms with van der Waals surface area (Å²) in [5.41, 5.74) is 7.38. The maximum Gasteiger partial charge on any atom is 0.170 e. The molecule has 13 rings (SSSR count). The molecule has 0 amide bonds. The van der Waals surface area contributed by atoms with Gasteiger partial charge >= 0.3 is 0 Å². The number of amidine groups is 7. The molecule has 1 unspecified atom stereocenters. The highest BCUT2D eigenvalue weighted by Gasteiger charge is 2.36. The number of rotatable bonds is 0. The van der Waals surface area contributed by atoms with Crippen molar-refractivity contribution in [1.82, 2.24) is 3.93 Å². The van der Waals surface area contributed by atoms with Gasteiger partial charge in [-0.05, 0) is 91.6 Å². The van der Waals surface area contributed by atoms with Crippen molar-refractivity contribution in [3.05, 3.63) is 190 Å². The molecule has 0 radical (unpaired) electrons. The van der Waals surface area contributed by atoms with Crippen LogP contribution in [0, 0.1) is 0 Å². The van der Waals surface area contributed by atoms with Gasteiger partial charge in [0.2, 0.25) is 0 Å². The fraction of sp³-hybridized carbons (Fsp3) is 0.0208. The van der Waals surface area contributed by atoms with Crippen molar-refractivity contribution in [1.29, 1.82) is 0 Å². The van der Waals surface area contributed by atoms with Crippen molar-refractivity contribution >= 4 is 100 Å². The molecule has 1 atom stereocenters. The summed E-state index contributed by atoms with van der Waals surface area (Å²) in [6.45, 7) is 0. The number of benzene rings is 8. The van der Waals surface area contributed by atoms with Crippen LogP contribution in [-0.4, -0.2) is 44.8 Å². The van der Waals surface area contributed by atoms with Crippen LogP contribution in [0.5, 0.6) is 0 Å². The van der Waals surface area contributed by atoms with Crippen molar-refractivity contribution in [2.24, 2.45) is 34.9 Å². The van der Waals surface area contributed by atoms with Crippen molar-refractivity contribution in [3.63, 3.8) is 0 Å². The number of nitrogens with zero attached hydrogens (tertiary/aromatic N) is 8. The lowest BCUT2D eigenvalue weighted by Crippen LogP contribution is -2.28. The van der Waals surface area contributed by atoms with Gasteiger partial charge < -0.3 is 0 Å². The Morgan fingerprint density at radius 2 is 0.632 bits per heavy atom. The van der Waals surface area contributed by atoms with Crippen LogP contribution in [0.1, 0.15) is 50.7 Å². The molecule has 0 spiro atoms. The first-order chi connectivity index (χ1) is 28.1. The standard InChI is InChI=1S/C48H25BrN8/c49-57-47-39-23-31-15-7-5-13-29(31)21-37(39)45(55-47)53-43-35-19-27-11-3-1-9-25(27)17-33(35)41(51-43)50-42-34-18-26-10-2-4-12-28(26)20-36(34)44(52-42)54-46-38-22-30-14-6-8-16-32(30)24-40(38)48(57)56-46/h1-24,41H. The molecule has 0 saturated heterocycles. The summed E-state index contributed by atoms with van der Waals surface area (Å²) in [5.74, 6) is 4.17. The van der Waals surface area contributed by atoms with E-state index in [0.717, 1.165) is 87.6 Å². The van der Waals surface area contributed by atoms with Crippen LogP contribution in [0.2, 0.25) is 0 Å². The Labute approximate surface area is 333 Å². The van der Waals surface area contributed by atoms with E-state index < -0.39 is 6.17 Å². The van der Waals surface area contributed by atoms with Gasteiger partial charge in [-0.2, -0.15) is 0 Å². The van der Waals surface area contributed by atoms with Gasteiger partial charge in [0.05, 0.1) is 16.1 Å². The zero-order chi connectivity index (χ0) is 37.4. The minimum absolute atomic E-state index is 0.554. The molecule has 8 aromatic rings. The number of hydrogen-bond donors (Lipinski definition) is 0.